The normalized spacial score (nSPS) is 21.5. The summed E-state index contributed by atoms with van der Waals surface area (Å²) in [5.74, 6) is 0. The molecular weight excluding hydrogens is 272 g/mol. The van der Waals surface area contributed by atoms with Crippen molar-refractivity contribution < 1.29 is 0 Å². The molecule has 88 valence electrons. The second-order valence-electron chi connectivity index (χ2n) is 4.13. The van der Waals surface area contributed by atoms with Crippen LogP contribution in [0.4, 0.5) is 0 Å². The van der Waals surface area contributed by atoms with Crippen LogP contribution in [0.2, 0.25) is 0 Å². The molecule has 16 heavy (non-hydrogen) atoms. The summed E-state index contributed by atoms with van der Waals surface area (Å²) in [6.45, 7) is 0. The van der Waals surface area contributed by atoms with E-state index in [2.05, 4.69) is 0 Å². The first kappa shape index (κ1) is 14.4. The number of thiocarbonyl (C=S) groups is 4. The van der Waals surface area contributed by atoms with Crippen molar-refractivity contribution in [2.45, 2.75) is 51.4 Å². The molecule has 0 nitrogen and oxygen atoms in total. The highest BCUT2D eigenvalue weighted by Crippen LogP contribution is 2.13. The van der Waals surface area contributed by atoms with Crippen molar-refractivity contribution >= 4 is 68.3 Å². The van der Waals surface area contributed by atoms with Gasteiger partial charge in [0.25, 0.3) is 0 Å². The van der Waals surface area contributed by atoms with E-state index < -0.39 is 0 Å². The Morgan fingerprint density at radius 2 is 0.812 bits per heavy atom. The number of hydrogen-bond acceptors (Lipinski definition) is 4. The first-order valence-corrected chi connectivity index (χ1v) is 7.41. The van der Waals surface area contributed by atoms with Crippen molar-refractivity contribution in [3.05, 3.63) is 0 Å². The Kier molecular flexibility index (Phi) is 6.89. The topological polar surface area (TPSA) is 0 Å². The second-order valence-corrected chi connectivity index (χ2v) is 5.93. The summed E-state index contributed by atoms with van der Waals surface area (Å²) < 4.78 is 0. The van der Waals surface area contributed by atoms with Crippen LogP contribution in [-0.4, -0.2) is 19.5 Å². The zero-order chi connectivity index (χ0) is 12.0. The fourth-order valence-electron chi connectivity index (χ4n) is 1.76. The van der Waals surface area contributed by atoms with Crippen LogP contribution in [0.5, 0.6) is 0 Å². The van der Waals surface area contributed by atoms with Crippen molar-refractivity contribution in [3.63, 3.8) is 0 Å². The van der Waals surface area contributed by atoms with Crippen LogP contribution in [0.3, 0.4) is 0 Å². The van der Waals surface area contributed by atoms with Gasteiger partial charge in [-0.25, -0.2) is 0 Å². The average molecular weight is 289 g/mol. The van der Waals surface area contributed by atoms with Gasteiger partial charge in [0.2, 0.25) is 0 Å². The minimum Gasteiger partial charge on any atom is -0.0833 e. The lowest BCUT2D eigenvalue weighted by atomic mass is 10.0. The molecule has 0 saturated heterocycles. The Bertz CT molecular complexity index is 285. The van der Waals surface area contributed by atoms with E-state index in [9.17, 15) is 0 Å². The molecule has 1 aliphatic rings. The molecule has 0 aliphatic heterocycles. The van der Waals surface area contributed by atoms with E-state index >= 15 is 0 Å². The summed E-state index contributed by atoms with van der Waals surface area (Å²) in [5.41, 5.74) is 0. The third kappa shape index (κ3) is 4.70. The lowest BCUT2D eigenvalue weighted by molar-refractivity contribution is 0.609. The van der Waals surface area contributed by atoms with Crippen LogP contribution in [-0.2, 0) is 0 Å². The van der Waals surface area contributed by atoms with Crippen LogP contribution in [0.15, 0.2) is 0 Å². The first-order chi connectivity index (χ1) is 7.63. The summed E-state index contributed by atoms with van der Waals surface area (Å²) in [4.78, 5) is 3.00. The van der Waals surface area contributed by atoms with E-state index in [1.807, 2.05) is 0 Å². The Morgan fingerprint density at radius 1 is 0.500 bits per heavy atom. The molecule has 4 heteroatoms. The minimum absolute atomic E-state index is 0.663. The molecule has 0 aromatic heterocycles. The summed E-state index contributed by atoms with van der Waals surface area (Å²) in [6.07, 6.45) is 9.16. The molecule has 0 spiro atoms. The summed E-state index contributed by atoms with van der Waals surface area (Å²) in [6, 6.07) is 0. The van der Waals surface area contributed by atoms with Gasteiger partial charge in [-0.1, -0.05) is 74.6 Å². The van der Waals surface area contributed by atoms with Crippen LogP contribution in [0.25, 0.3) is 0 Å². The Hall–Kier alpha value is 0.360. The van der Waals surface area contributed by atoms with Gasteiger partial charge in [-0.2, -0.15) is 0 Å². The molecular formula is C12H16S4. The van der Waals surface area contributed by atoms with E-state index in [0.29, 0.717) is 9.73 Å². The molecule has 0 amide bonds. The van der Waals surface area contributed by atoms with Crippen LogP contribution < -0.4 is 0 Å². The van der Waals surface area contributed by atoms with E-state index in [0.717, 1.165) is 35.4 Å². The monoisotopic (exact) mass is 288 g/mol. The zero-order valence-electron chi connectivity index (χ0n) is 9.29. The third-order valence-electron chi connectivity index (χ3n) is 2.77. The van der Waals surface area contributed by atoms with Gasteiger partial charge in [0.05, 0.1) is 9.73 Å². The fourth-order valence-corrected chi connectivity index (χ4v) is 2.83. The molecule has 0 heterocycles. The molecule has 0 unspecified atom stereocenters. The zero-order valence-corrected chi connectivity index (χ0v) is 12.6. The number of hydrogen-bond donors (Lipinski definition) is 0. The van der Waals surface area contributed by atoms with E-state index in [-0.39, 0.29) is 0 Å². The van der Waals surface area contributed by atoms with Crippen LogP contribution in [0.1, 0.15) is 51.4 Å². The van der Waals surface area contributed by atoms with Crippen LogP contribution in [0, 0.1) is 0 Å². The van der Waals surface area contributed by atoms with Gasteiger partial charge in [-0.05, 0) is 25.7 Å². The quantitative estimate of drug-likeness (QED) is 0.597. The Labute approximate surface area is 119 Å². The largest absolute Gasteiger partial charge is 0.0833 e. The van der Waals surface area contributed by atoms with E-state index in [4.69, 9.17) is 48.9 Å². The second kappa shape index (κ2) is 7.64. The van der Waals surface area contributed by atoms with E-state index in [1.165, 1.54) is 25.7 Å². The van der Waals surface area contributed by atoms with Gasteiger partial charge < -0.3 is 0 Å². The van der Waals surface area contributed by atoms with Gasteiger partial charge in [0.1, 0.15) is 0 Å². The van der Waals surface area contributed by atoms with Gasteiger partial charge in [-0.3, -0.25) is 0 Å². The Balaban J connectivity index is 2.64. The highest BCUT2D eigenvalue weighted by Gasteiger charge is 2.15. The SMILES string of the molecule is S=C1CCCCCCCCC(=S)C(=S)C1=S. The fraction of sp³-hybridized carbons (Fsp3) is 0.667. The first-order valence-electron chi connectivity index (χ1n) is 5.77. The molecule has 1 fully saturated rings. The molecule has 0 aromatic rings. The van der Waals surface area contributed by atoms with Crippen molar-refractivity contribution in [2.24, 2.45) is 0 Å². The maximum absolute atomic E-state index is 5.30. The maximum atomic E-state index is 5.30. The highest BCUT2D eigenvalue weighted by molar-refractivity contribution is 7.98. The van der Waals surface area contributed by atoms with Crippen molar-refractivity contribution in [2.75, 3.05) is 0 Å². The van der Waals surface area contributed by atoms with Gasteiger partial charge >= 0.3 is 0 Å². The number of rotatable bonds is 0. The Morgan fingerprint density at radius 3 is 1.19 bits per heavy atom. The van der Waals surface area contributed by atoms with Gasteiger partial charge in [0, 0.05) is 9.73 Å². The summed E-state index contributed by atoms with van der Waals surface area (Å²) in [7, 11) is 0. The van der Waals surface area contributed by atoms with Gasteiger partial charge in [-0.15, -0.1) is 0 Å². The lowest BCUT2D eigenvalue weighted by Gasteiger charge is -2.10. The average Bonchev–Trinajstić information content (AvgIpc) is 2.28. The summed E-state index contributed by atoms with van der Waals surface area (Å²) in [5, 5.41) is 0. The molecule has 0 bridgehead atoms. The van der Waals surface area contributed by atoms with E-state index in [1.54, 1.807) is 0 Å². The molecule has 1 saturated carbocycles. The highest BCUT2D eigenvalue weighted by atomic mass is 32.1. The molecule has 0 N–H and O–H groups in total. The molecule has 0 radical (unpaired) electrons. The van der Waals surface area contributed by atoms with Crippen molar-refractivity contribution in [3.8, 4) is 0 Å². The minimum atomic E-state index is 0.663. The predicted octanol–water partition coefficient (Wildman–Crippen LogP) is 4.60. The van der Waals surface area contributed by atoms with Crippen molar-refractivity contribution in [1.82, 2.24) is 0 Å². The summed E-state index contributed by atoms with van der Waals surface area (Å²) >= 11 is 21.2. The predicted molar refractivity (Wildman–Crippen MR) is 87.3 cm³/mol. The van der Waals surface area contributed by atoms with Gasteiger partial charge in [0.15, 0.2) is 0 Å². The standard InChI is InChI=1S/C12H16S4/c13-9-7-5-3-1-2-4-6-8-10(14)12(16)11(9)15/h1-8H2. The molecule has 1 aliphatic carbocycles. The molecule has 0 atom stereocenters. The molecule has 1 rings (SSSR count). The third-order valence-corrected chi connectivity index (χ3v) is 4.88. The lowest BCUT2D eigenvalue weighted by Crippen LogP contribution is -2.25. The maximum Gasteiger partial charge on any atom is 0.0708 e. The smallest absolute Gasteiger partial charge is 0.0708 e. The molecule has 0 aromatic carbocycles. The van der Waals surface area contributed by atoms with Crippen molar-refractivity contribution in [1.29, 1.82) is 0 Å². The van der Waals surface area contributed by atoms with Crippen LogP contribution >= 0.6 is 48.9 Å².